The zero-order chi connectivity index (χ0) is 29.5. The molecule has 1 heterocycles. The first kappa shape index (κ1) is 29.0. The number of alkyl carbamates (subject to hydrolysis) is 1. The molecule has 0 unspecified atom stereocenters. The molecular weight excluding hydrogens is 534 g/mol. The number of rotatable bonds is 9. The summed E-state index contributed by atoms with van der Waals surface area (Å²) in [5, 5.41) is 15.5. The third-order valence-corrected chi connectivity index (χ3v) is 8.03. The molecule has 0 radical (unpaired) electrons. The summed E-state index contributed by atoms with van der Waals surface area (Å²) in [6, 6.07) is 24.2. The van der Waals surface area contributed by atoms with E-state index in [1.54, 1.807) is 29.2 Å². The molecule has 1 saturated carbocycles. The molecule has 3 aromatic rings. The number of hydrogen-bond acceptors (Lipinski definition) is 6. The molecule has 2 fully saturated rings. The zero-order valence-electron chi connectivity index (χ0n) is 23.4. The minimum Gasteiger partial charge on any atom is -0.445 e. The van der Waals surface area contributed by atoms with Crippen LogP contribution in [0.3, 0.4) is 0 Å². The van der Waals surface area contributed by atoms with E-state index in [4.69, 9.17) is 4.74 Å². The van der Waals surface area contributed by atoms with Crippen molar-refractivity contribution >= 4 is 29.4 Å². The van der Waals surface area contributed by atoms with Crippen LogP contribution in [0.2, 0.25) is 0 Å². The van der Waals surface area contributed by atoms with Crippen LogP contribution in [-0.2, 0) is 27.5 Å². The van der Waals surface area contributed by atoms with Gasteiger partial charge in [0.1, 0.15) is 12.2 Å². The highest BCUT2D eigenvalue weighted by Gasteiger charge is 2.45. The Hall–Kier alpha value is -4.50. The lowest BCUT2D eigenvalue weighted by Crippen LogP contribution is -2.50. The summed E-state index contributed by atoms with van der Waals surface area (Å²) in [5.41, 5.74) is 2.27. The fourth-order valence-electron chi connectivity index (χ4n) is 5.37. The normalized spacial score (nSPS) is 16.2. The van der Waals surface area contributed by atoms with E-state index in [1.165, 1.54) is 5.56 Å². The topological polar surface area (TPSA) is 125 Å². The smallest absolute Gasteiger partial charge is 0.407 e. The second-order valence-electron chi connectivity index (χ2n) is 11.0. The van der Waals surface area contributed by atoms with E-state index in [9.17, 15) is 24.3 Å². The number of ether oxygens (including phenoxy) is 1. The van der Waals surface area contributed by atoms with Gasteiger partial charge in [-0.05, 0) is 72.9 Å². The van der Waals surface area contributed by atoms with Crippen molar-refractivity contribution in [3.63, 3.8) is 0 Å². The predicted octanol–water partition coefficient (Wildman–Crippen LogP) is 4.56. The minimum absolute atomic E-state index is 0.138. The molecule has 5 rings (SSSR count). The van der Waals surface area contributed by atoms with Gasteiger partial charge in [-0.2, -0.15) is 0 Å². The van der Waals surface area contributed by atoms with E-state index in [2.05, 4.69) is 22.8 Å². The van der Waals surface area contributed by atoms with Gasteiger partial charge in [-0.1, -0.05) is 60.7 Å². The second-order valence-corrected chi connectivity index (χ2v) is 11.0. The van der Waals surface area contributed by atoms with Crippen LogP contribution < -0.4 is 10.6 Å². The summed E-state index contributed by atoms with van der Waals surface area (Å²) in [6.45, 7) is 1.74. The highest BCUT2D eigenvalue weighted by atomic mass is 16.5. The van der Waals surface area contributed by atoms with Crippen LogP contribution in [0.15, 0.2) is 78.9 Å². The number of hydrogen-bond donors (Lipinski definition) is 3. The number of anilines is 1. The Labute approximate surface area is 244 Å². The van der Waals surface area contributed by atoms with Crippen molar-refractivity contribution in [2.24, 2.45) is 0 Å². The molecule has 0 spiro atoms. The van der Waals surface area contributed by atoms with E-state index in [-0.39, 0.29) is 18.4 Å². The maximum atomic E-state index is 13.2. The number of amides is 3. The van der Waals surface area contributed by atoms with Crippen molar-refractivity contribution in [3.05, 3.63) is 101 Å². The van der Waals surface area contributed by atoms with Crippen LogP contribution in [0.5, 0.6) is 0 Å². The van der Waals surface area contributed by atoms with Gasteiger partial charge in [0.05, 0.1) is 0 Å². The predicted molar refractivity (Wildman–Crippen MR) is 157 cm³/mol. The summed E-state index contributed by atoms with van der Waals surface area (Å²) in [5.74, 6) is -1.56. The molecule has 3 aromatic carbocycles. The monoisotopic (exact) mass is 569 g/mol. The molecule has 9 heteroatoms. The van der Waals surface area contributed by atoms with Gasteiger partial charge in [0.15, 0.2) is 0 Å². The number of nitrogens with one attached hydrogen (secondary N) is 2. The Morgan fingerprint density at radius 1 is 0.881 bits per heavy atom. The molecule has 9 nitrogen and oxygen atoms in total. The van der Waals surface area contributed by atoms with Gasteiger partial charge in [-0.3, -0.25) is 14.4 Å². The molecule has 1 aliphatic carbocycles. The van der Waals surface area contributed by atoms with E-state index < -0.39 is 23.4 Å². The summed E-state index contributed by atoms with van der Waals surface area (Å²) >= 11 is 0. The number of piperidine rings is 1. The molecule has 0 atom stereocenters. The third-order valence-electron chi connectivity index (χ3n) is 8.03. The van der Waals surface area contributed by atoms with E-state index in [0.29, 0.717) is 50.1 Å². The Balaban J connectivity index is 1.10. The first-order valence-electron chi connectivity index (χ1n) is 14.3. The van der Waals surface area contributed by atoms with E-state index >= 15 is 0 Å². The Kier molecular flexibility index (Phi) is 8.97. The number of ketones is 1. The number of benzene rings is 3. The molecule has 0 aromatic heterocycles. The largest absolute Gasteiger partial charge is 0.445 e. The van der Waals surface area contributed by atoms with Crippen molar-refractivity contribution in [1.82, 2.24) is 10.2 Å². The average molecular weight is 570 g/mol. The minimum atomic E-state index is -1.56. The Morgan fingerprint density at radius 3 is 2.31 bits per heavy atom. The number of carbonyl (C=O) groups is 4. The lowest BCUT2D eigenvalue weighted by atomic mass is 9.77. The molecule has 2 aliphatic rings. The molecular formula is C33H35N3O6. The first-order valence-corrected chi connectivity index (χ1v) is 14.3. The van der Waals surface area contributed by atoms with Gasteiger partial charge < -0.3 is 25.4 Å². The van der Waals surface area contributed by atoms with Crippen LogP contribution in [0.25, 0.3) is 0 Å². The van der Waals surface area contributed by atoms with Gasteiger partial charge in [0.25, 0.3) is 17.6 Å². The van der Waals surface area contributed by atoms with E-state index in [0.717, 1.165) is 24.0 Å². The van der Waals surface area contributed by atoms with E-state index in [1.807, 2.05) is 42.5 Å². The van der Waals surface area contributed by atoms with Gasteiger partial charge in [0, 0.05) is 30.9 Å². The number of aliphatic hydroxyl groups is 1. The lowest BCUT2D eigenvalue weighted by Gasteiger charge is -2.34. The maximum Gasteiger partial charge on any atom is 0.407 e. The van der Waals surface area contributed by atoms with Crippen molar-refractivity contribution in [2.45, 2.75) is 56.8 Å². The van der Waals surface area contributed by atoms with Crippen molar-refractivity contribution in [3.8, 4) is 0 Å². The van der Waals surface area contributed by atoms with Crippen molar-refractivity contribution < 1.29 is 29.0 Å². The molecule has 0 bridgehead atoms. The lowest BCUT2D eigenvalue weighted by molar-refractivity contribution is -0.153. The second kappa shape index (κ2) is 13.0. The standard InChI is InChI=1S/C33H35N3O6/c37-29(33(41)15-6-16-33)30(38)35-28-12-5-11-27(20-28)31(39)36-17-13-25(14-18-36)26-10-4-9-24(19-26)21-34-32(40)42-22-23-7-2-1-3-8-23/h1-5,7-12,19-20,25,41H,6,13-18,21-22H2,(H,34,40)(H,35,38). The van der Waals surface area contributed by atoms with Gasteiger partial charge >= 0.3 is 6.09 Å². The SMILES string of the molecule is O=C(NCc1cccc(C2CCN(C(=O)c3cccc(NC(=O)C(=O)C4(O)CCC4)c3)CC2)c1)OCc1ccccc1. The number of nitrogens with zero attached hydrogens (tertiary/aromatic N) is 1. The molecule has 218 valence electrons. The molecule has 42 heavy (non-hydrogen) atoms. The molecule has 1 saturated heterocycles. The highest BCUT2D eigenvalue weighted by molar-refractivity contribution is 6.43. The first-order chi connectivity index (χ1) is 20.3. The van der Waals surface area contributed by atoms with Crippen LogP contribution in [0.4, 0.5) is 10.5 Å². The fourth-order valence-corrected chi connectivity index (χ4v) is 5.37. The van der Waals surface area contributed by atoms with Gasteiger partial charge in [-0.25, -0.2) is 4.79 Å². The molecule has 3 N–H and O–H groups in total. The van der Waals surface area contributed by atoms with Gasteiger partial charge in [0.2, 0.25) is 0 Å². The highest BCUT2D eigenvalue weighted by Crippen LogP contribution is 2.33. The van der Waals surface area contributed by atoms with Crippen molar-refractivity contribution in [1.29, 1.82) is 0 Å². The molecule has 1 aliphatic heterocycles. The third kappa shape index (κ3) is 7.03. The maximum absolute atomic E-state index is 13.2. The van der Waals surface area contributed by atoms with Crippen LogP contribution in [0, 0.1) is 0 Å². The Bertz CT molecular complexity index is 1440. The number of likely N-dealkylation sites (tertiary alicyclic amines) is 1. The number of carbonyl (C=O) groups excluding carboxylic acids is 4. The van der Waals surface area contributed by atoms with Crippen LogP contribution >= 0.6 is 0 Å². The summed E-state index contributed by atoms with van der Waals surface area (Å²) in [7, 11) is 0. The summed E-state index contributed by atoms with van der Waals surface area (Å²) < 4.78 is 5.29. The number of Topliss-reactive ketones (excluding diaryl/α,β-unsaturated/α-hetero) is 1. The van der Waals surface area contributed by atoms with Crippen LogP contribution in [0.1, 0.15) is 65.1 Å². The quantitative estimate of drug-likeness (QED) is 0.325. The van der Waals surface area contributed by atoms with Gasteiger partial charge in [-0.15, -0.1) is 0 Å². The molecule has 3 amide bonds. The average Bonchev–Trinajstić information content (AvgIpc) is 3.01. The van der Waals surface area contributed by atoms with Crippen molar-refractivity contribution in [2.75, 3.05) is 18.4 Å². The zero-order valence-corrected chi connectivity index (χ0v) is 23.4. The Morgan fingerprint density at radius 2 is 1.60 bits per heavy atom. The van der Waals surface area contributed by atoms with Crippen LogP contribution in [-0.4, -0.2) is 52.4 Å². The summed E-state index contributed by atoms with van der Waals surface area (Å²) in [6.07, 6.45) is 2.42. The summed E-state index contributed by atoms with van der Waals surface area (Å²) in [4.78, 5) is 51.8. The fraction of sp³-hybridized carbons (Fsp3) is 0.333.